The van der Waals surface area contributed by atoms with Crippen molar-refractivity contribution in [3.8, 4) is 0 Å². The summed E-state index contributed by atoms with van der Waals surface area (Å²) in [4.78, 5) is 38.1. The van der Waals surface area contributed by atoms with E-state index >= 15 is 0 Å². The molecule has 0 radical (unpaired) electrons. The van der Waals surface area contributed by atoms with Crippen molar-refractivity contribution in [1.29, 1.82) is 0 Å². The van der Waals surface area contributed by atoms with E-state index in [1.807, 2.05) is 0 Å². The van der Waals surface area contributed by atoms with E-state index in [-0.39, 0.29) is 47.2 Å². The predicted molar refractivity (Wildman–Crippen MR) is 72.2 cm³/mol. The Balaban J connectivity index is 1.67. The van der Waals surface area contributed by atoms with Crippen LogP contribution < -0.4 is 0 Å². The Morgan fingerprint density at radius 1 is 1.19 bits per heavy atom. The number of rotatable bonds is 2. The van der Waals surface area contributed by atoms with Crippen LogP contribution in [0.25, 0.3) is 0 Å². The zero-order valence-electron chi connectivity index (χ0n) is 11.0. The van der Waals surface area contributed by atoms with Gasteiger partial charge in [-0.15, -0.1) is 0 Å². The summed E-state index contributed by atoms with van der Waals surface area (Å²) in [5.41, 5.74) is 0.218. The minimum Gasteiger partial charge on any atom is -0.334 e. The van der Waals surface area contributed by atoms with E-state index < -0.39 is 5.82 Å². The summed E-state index contributed by atoms with van der Waals surface area (Å²) in [6.07, 6.45) is 0.486. The van der Waals surface area contributed by atoms with E-state index in [2.05, 4.69) is 0 Å². The molecule has 2 saturated heterocycles. The predicted octanol–water partition coefficient (Wildman–Crippen LogP) is 1.45. The van der Waals surface area contributed by atoms with Crippen LogP contribution in [0.15, 0.2) is 18.2 Å². The highest BCUT2D eigenvalue weighted by molar-refractivity contribution is 6.33. The Labute approximate surface area is 125 Å². The molecule has 2 heterocycles. The zero-order chi connectivity index (χ0) is 15.1. The molecule has 1 aromatic carbocycles. The smallest absolute Gasteiger partial charge is 0.255 e. The number of likely N-dealkylation sites (tertiary alicyclic amines) is 2. The summed E-state index contributed by atoms with van der Waals surface area (Å²) in [5, 5.41) is 0.0526. The molecule has 0 unspecified atom stereocenters. The van der Waals surface area contributed by atoms with Crippen molar-refractivity contribution >= 4 is 29.3 Å². The van der Waals surface area contributed by atoms with E-state index in [1.165, 1.54) is 21.9 Å². The maximum Gasteiger partial charge on any atom is 0.255 e. The third-order valence-electron chi connectivity index (χ3n) is 3.77. The van der Waals surface area contributed by atoms with Gasteiger partial charge in [0.05, 0.1) is 16.6 Å². The minimum atomic E-state index is -0.508. The zero-order valence-corrected chi connectivity index (χ0v) is 11.8. The van der Waals surface area contributed by atoms with Crippen LogP contribution in [0.3, 0.4) is 0 Å². The lowest BCUT2D eigenvalue weighted by atomic mass is 10.0. The van der Waals surface area contributed by atoms with E-state index in [1.54, 1.807) is 0 Å². The Kier molecular flexibility index (Phi) is 3.41. The van der Waals surface area contributed by atoms with E-state index in [4.69, 9.17) is 11.6 Å². The normalized spacial score (nSPS) is 19.1. The first-order valence-electron chi connectivity index (χ1n) is 6.56. The van der Waals surface area contributed by atoms with Gasteiger partial charge in [-0.1, -0.05) is 11.6 Å². The molecule has 0 aromatic heterocycles. The lowest BCUT2D eigenvalue weighted by Crippen LogP contribution is -2.62. The van der Waals surface area contributed by atoms with E-state index in [9.17, 15) is 18.8 Å². The molecular weight excluding hydrogens is 299 g/mol. The van der Waals surface area contributed by atoms with Crippen LogP contribution in [-0.4, -0.2) is 46.7 Å². The number of benzene rings is 1. The van der Waals surface area contributed by atoms with Crippen LogP contribution >= 0.6 is 11.6 Å². The number of carbonyl (C=O) groups excluding carboxylic acids is 3. The highest BCUT2D eigenvalue weighted by atomic mass is 35.5. The van der Waals surface area contributed by atoms with Crippen molar-refractivity contribution in [1.82, 2.24) is 9.80 Å². The summed E-state index contributed by atoms with van der Waals surface area (Å²) in [7, 11) is 0. The van der Waals surface area contributed by atoms with Gasteiger partial charge >= 0.3 is 0 Å². The fourth-order valence-corrected chi connectivity index (χ4v) is 2.87. The second-order valence-electron chi connectivity index (χ2n) is 5.15. The van der Waals surface area contributed by atoms with Gasteiger partial charge in [-0.25, -0.2) is 4.39 Å². The third kappa shape index (κ3) is 2.40. The summed E-state index contributed by atoms with van der Waals surface area (Å²) >= 11 is 5.85. The van der Waals surface area contributed by atoms with E-state index in [0.29, 0.717) is 13.1 Å². The van der Waals surface area contributed by atoms with Crippen molar-refractivity contribution in [2.24, 2.45) is 0 Å². The molecule has 0 N–H and O–H groups in total. The average molecular weight is 311 g/mol. The largest absolute Gasteiger partial charge is 0.334 e. The molecule has 1 aromatic rings. The van der Waals surface area contributed by atoms with Crippen LogP contribution in [0.1, 0.15) is 23.2 Å². The van der Waals surface area contributed by atoms with Gasteiger partial charge in [0.2, 0.25) is 11.8 Å². The quantitative estimate of drug-likeness (QED) is 0.777. The van der Waals surface area contributed by atoms with Gasteiger partial charge in [-0.3, -0.25) is 19.3 Å². The number of hydrogen-bond donors (Lipinski definition) is 0. The standard InChI is InChI=1S/C14H12ClFN2O3/c15-11-5-8(16)1-2-10(11)14(21)17-6-9(7-17)18-12(19)3-4-13(18)20/h1-2,5,9H,3-4,6-7H2. The number of nitrogens with zero attached hydrogens (tertiary/aromatic N) is 2. The van der Waals surface area contributed by atoms with Crippen LogP contribution in [0.4, 0.5) is 4.39 Å². The van der Waals surface area contributed by atoms with Crippen molar-refractivity contribution < 1.29 is 18.8 Å². The molecule has 21 heavy (non-hydrogen) atoms. The Morgan fingerprint density at radius 2 is 1.81 bits per heavy atom. The molecule has 110 valence electrons. The fourth-order valence-electron chi connectivity index (χ4n) is 2.62. The number of imide groups is 1. The minimum absolute atomic E-state index is 0.0526. The maximum atomic E-state index is 13.0. The first kappa shape index (κ1) is 14.0. The summed E-state index contributed by atoms with van der Waals surface area (Å²) in [6.45, 7) is 0.591. The van der Waals surface area contributed by atoms with Gasteiger partial charge in [0.25, 0.3) is 5.91 Å². The van der Waals surface area contributed by atoms with Crippen molar-refractivity contribution in [3.05, 3.63) is 34.6 Å². The SMILES string of the molecule is O=C(c1ccc(F)cc1Cl)N1CC(N2C(=O)CCC2=O)C1. The molecule has 0 bridgehead atoms. The summed E-state index contributed by atoms with van der Waals surface area (Å²) in [6, 6.07) is 3.33. The molecule has 3 rings (SSSR count). The molecule has 2 aliphatic heterocycles. The maximum absolute atomic E-state index is 13.0. The van der Waals surface area contributed by atoms with Crippen LogP contribution in [0, 0.1) is 5.82 Å². The van der Waals surface area contributed by atoms with Crippen LogP contribution in [0.5, 0.6) is 0 Å². The molecule has 0 saturated carbocycles. The van der Waals surface area contributed by atoms with Crippen molar-refractivity contribution in [3.63, 3.8) is 0 Å². The highest BCUT2D eigenvalue weighted by Crippen LogP contribution is 2.26. The summed E-state index contributed by atoms with van der Waals surface area (Å²) < 4.78 is 13.0. The van der Waals surface area contributed by atoms with Gasteiger partial charge in [0, 0.05) is 25.9 Å². The lowest BCUT2D eigenvalue weighted by Gasteiger charge is -2.43. The molecule has 5 nitrogen and oxygen atoms in total. The molecular formula is C14H12ClFN2O3. The second-order valence-corrected chi connectivity index (χ2v) is 5.55. The van der Waals surface area contributed by atoms with Gasteiger partial charge in [0.15, 0.2) is 0 Å². The first-order chi connectivity index (χ1) is 9.97. The van der Waals surface area contributed by atoms with Gasteiger partial charge < -0.3 is 4.90 Å². The molecule has 2 aliphatic rings. The van der Waals surface area contributed by atoms with Crippen LogP contribution in [0.2, 0.25) is 5.02 Å². The monoisotopic (exact) mass is 310 g/mol. The fraction of sp³-hybridized carbons (Fsp3) is 0.357. The average Bonchev–Trinajstić information content (AvgIpc) is 2.69. The number of hydrogen-bond acceptors (Lipinski definition) is 3. The lowest BCUT2D eigenvalue weighted by molar-refractivity contribution is -0.144. The molecule has 0 aliphatic carbocycles. The van der Waals surface area contributed by atoms with Gasteiger partial charge in [-0.2, -0.15) is 0 Å². The van der Waals surface area contributed by atoms with Crippen molar-refractivity contribution in [2.75, 3.05) is 13.1 Å². The second kappa shape index (κ2) is 5.11. The highest BCUT2D eigenvalue weighted by Gasteiger charge is 2.43. The number of halogens is 2. The Morgan fingerprint density at radius 3 is 2.38 bits per heavy atom. The Bertz CT molecular complexity index is 627. The number of amides is 3. The summed E-state index contributed by atoms with van der Waals surface area (Å²) in [5.74, 6) is -1.20. The third-order valence-corrected chi connectivity index (χ3v) is 4.08. The van der Waals surface area contributed by atoms with Crippen LogP contribution in [-0.2, 0) is 9.59 Å². The van der Waals surface area contributed by atoms with Gasteiger partial charge in [-0.05, 0) is 18.2 Å². The van der Waals surface area contributed by atoms with Crippen molar-refractivity contribution in [2.45, 2.75) is 18.9 Å². The molecule has 0 spiro atoms. The van der Waals surface area contributed by atoms with E-state index in [0.717, 1.165) is 6.07 Å². The topological polar surface area (TPSA) is 57.7 Å². The molecule has 2 fully saturated rings. The Hall–Kier alpha value is -1.95. The first-order valence-corrected chi connectivity index (χ1v) is 6.94. The van der Waals surface area contributed by atoms with Gasteiger partial charge in [0.1, 0.15) is 5.82 Å². The molecule has 7 heteroatoms. The number of carbonyl (C=O) groups is 3. The molecule has 0 atom stereocenters. The molecule has 3 amide bonds.